The van der Waals surface area contributed by atoms with Crippen molar-refractivity contribution in [1.29, 1.82) is 0 Å². The van der Waals surface area contributed by atoms with Gasteiger partial charge in [-0.2, -0.15) is 0 Å². The first-order chi connectivity index (χ1) is 10.8. The van der Waals surface area contributed by atoms with Gasteiger partial charge < -0.3 is 10.2 Å². The van der Waals surface area contributed by atoms with Crippen molar-refractivity contribution < 1.29 is 9.59 Å². The Morgan fingerprint density at radius 1 is 1.22 bits per heavy atom. The highest BCUT2D eigenvalue weighted by atomic mass is 35.5. The van der Waals surface area contributed by atoms with Crippen molar-refractivity contribution in [2.45, 2.75) is 27.3 Å². The summed E-state index contributed by atoms with van der Waals surface area (Å²) in [5.74, 6) is -0.111. The SMILES string of the molecule is CC(C)(C)C(=O)NCC(=O)N1CCN(Cc2ccc(Cl)s2)CC1. The Kier molecular flexibility index (Phi) is 6.06. The number of amides is 2. The molecule has 2 amide bonds. The maximum Gasteiger partial charge on any atom is 0.242 e. The third kappa shape index (κ3) is 5.48. The van der Waals surface area contributed by atoms with Crippen LogP contribution in [-0.4, -0.2) is 54.3 Å². The van der Waals surface area contributed by atoms with Crippen molar-refractivity contribution in [1.82, 2.24) is 15.1 Å². The molecule has 23 heavy (non-hydrogen) atoms. The molecule has 2 heterocycles. The molecule has 0 saturated carbocycles. The largest absolute Gasteiger partial charge is 0.347 e. The summed E-state index contributed by atoms with van der Waals surface area (Å²) >= 11 is 7.55. The lowest BCUT2D eigenvalue weighted by Gasteiger charge is -2.34. The first kappa shape index (κ1) is 18.2. The molecule has 1 saturated heterocycles. The summed E-state index contributed by atoms with van der Waals surface area (Å²) in [4.78, 5) is 29.4. The third-order valence-corrected chi connectivity index (χ3v) is 5.03. The number of hydrogen-bond donors (Lipinski definition) is 1. The molecule has 1 aliphatic rings. The van der Waals surface area contributed by atoms with Gasteiger partial charge in [-0.3, -0.25) is 14.5 Å². The molecule has 0 aromatic carbocycles. The second kappa shape index (κ2) is 7.64. The molecule has 1 N–H and O–H groups in total. The summed E-state index contributed by atoms with van der Waals surface area (Å²) in [6, 6.07) is 3.96. The van der Waals surface area contributed by atoms with E-state index >= 15 is 0 Å². The lowest BCUT2D eigenvalue weighted by molar-refractivity contribution is -0.136. The average Bonchev–Trinajstić information content (AvgIpc) is 2.89. The second-order valence-corrected chi connectivity index (χ2v) is 8.60. The number of halogens is 1. The highest BCUT2D eigenvalue weighted by molar-refractivity contribution is 7.16. The second-order valence-electron chi connectivity index (χ2n) is 6.80. The zero-order valence-corrected chi connectivity index (χ0v) is 15.5. The number of carbonyl (C=O) groups excluding carboxylic acids is 2. The van der Waals surface area contributed by atoms with E-state index < -0.39 is 5.41 Å². The topological polar surface area (TPSA) is 52.7 Å². The minimum atomic E-state index is -0.471. The van der Waals surface area contributed by atoms with E-state index in [9.17, 15) is 9.59 Å². The van der Waals surface area contributed by atoms with E-state index in [1.165, 1.54) is 4.88 Å². The fourth-order valence-corrected chi connectivity index (χ4v) is 3.48. The molecule has 0 bridgehead atoms. The highest BCUT2D eigenvalue weighted by Crippen LogP contribution is 2.23. The smallest absolute Gasteiger partial charge is 0.242 e. The van der Waals surface area contributed by atoms with Gasteiger partial charge in [-0.25, -0.2) is 0 Å². The zero-order chi connectivity index (χ0) is 17.0. The predicted octanol–water partition coefficient (Wildman–Crippen LogP) is 2.21. The van der Waals surface area contributed by atoms with E-state index in [0.717, 1.165) is 24.0 Å². The van der Waals surface area contributed by atoms with Gasteiger partial charge in [0.2, 0.25) is 11.8 Å². The van der Waals surface area contributed by atoms with Crippen LogP contribution in [0.15, 0.2) is 12.1 Å². The number of thiophene rings is 1. The maximum atomic E-state index is 12.2. The molecule has 0 radical (unpaired) electrons. The number of nitrogens with zero attached hydrogens (tertiary/aromatic N) is 2. The zero-order valence-electron chi connectivity index (χ0n) is 13.9. The molecule has 0 unspecified atom stereocenters. The Balaban J connectivity index is 1.73. The normalized spacial score (nSPS) is 16.4. The van der Waals surface area contributed by atoms with Crippen LogP contribution in [0.5, 0.6) is 0 Å². The van der Waals surface area contributed by atoms with Crippen LogP contribution in [0.4, 0.5) is 0 Å². The van der Waals surface area contributed by atoms with Crippen molar-refractivity contribution >= 4 is 34.8 Å². The molecule has 0 aliphatic carbocycles. The minimum absolute atomic E-state index is 0.0126. The van der Waals surface area contributed by atoms with E-state index in [1.54, 1.807) is 11.3 Å². The predicted molar refractivity (Wildman–Crippen MR) is 93.7 cm³/mol. The van der Waals surface area contributed by atoms with Crippen LogP contribution in [0.1, 0.15) is 25.6 Å². The van der Waals surface area contributed by atoms with Crippen LogP contribution < -0.4 is 5.32 Å². The van der Waals surface area contributed by atoms with Gasteiger partial charge in [0, 0.05) is 43.0 Å². The Hall–Kier alpha value is -1.11. The van der Waals surface area contributed by atoms with Crippen molar-refractivity contribution in [3.63, 3.8) is 0 Å². The first-order valence-corrected chi connectivity index (χ1v) is 8.98. The van der Waals surface area contributed by atoms with Crippen LogP contribution in [0.2, 0.25) is 4.34 Å². The molecule has 128 valence electrons. The van der Waals surface area contributed by atoms with E-state index in [0.29, 0.717) is 13.1 Å². The molecule has 0 spiro atoms. The Bertz CT molecular complexity index is 560. The summed E-state index contributed by atoms with van der Waals surface area (Å²) in [6.07, 6.45) is 0. The van der Waals surface area contributed by atoms with E-state index in [2.05, 4.69) is 10.2 Å². The van der Waals surface area contributed by atoms with Crippen molar-refractivity contribution in [3.8, 4) is 0 Å². The maximum absolute atomic E-state index is 12.2. The van der Waals surface area contributed by atoms with Crippen molar-refractivity contribution in [2.75, 3.05) is 32.7 Å². The van der Waals surface area contributed by atoms with E-state index in [4.69, 9.17) is 11.6 Å². The van der Waals surface area contributed by atoms with Gasteiger partial charge in [0.05, 0.1) is 10.9 Å². The number of rotatable bonds is 4. The Morgan fingerprint density at radius 2 is 1.87 bits per heavy atom. The highest BCUT2D eigenvalue weighted by Gasteiger charge is 2.24. The fourth-order valence-electron chi connectivity index (χ4n) is 2.35. The molecular formula is C16H24ClN3O2S. The van der Waals surface area contributed by atoms with Crippen molar-refractivity contribution in [3.05, 3.63) is 21.3 Å². The number of nitrogens with one attached hydrogen (secondary N) is 1. The summed E-state index contributed by atoms with van der Waals surface area (Å²) in [6.45, 7) is 9.54. The molecule has 0 atom stereocenters. The van der Waals surface area contributed by atoms with Gasteiger partial charge in [-0.15, -0.1) is 11.3 Å². The van der Waals surface area contributed by atoms with Crippen molar-refractivity contribution in [2.24, 2.45) is 5.41 Å². The number of piperazine rings is 1. The van der Waals surface area contributed by atoms with E-state index in [-0.39, 0.29) is 18.4 Å². The summed E-state index contributed by atoms with van der Waals surface area (Å²) < 4.78 is 0.809. The van der Waals surface area contributed by atoms with Gasteiger partial charge >= 0.3 is 0 Å². The quantitative estimate of drug-likeness (QED) is 0.898. The molecule has 1 aliphatic heterocycles. The van der Waals surface area contributed by atoms with Gasteiger partial charge in [0.1, 0.15) is 0 Å². The van der Waals surface area contributed by atoms with Gasteiger partial charge in [0.25, 0.3) is 0 Å². The standard InChI is InChI=1S/C16H24ClN3O2S/c1-16(2,3)15(22)18-10-14(21)20-8-6-19(7-9-20)11-12-4-5-13(17)23-12/h4-5H,6-11H2,1-3H3,(H,18,22). The van der Waals surface area contributed by atoms with Gasteiger partial charge in [-0.1, -0.05) is 32.4 Å². The van der Waals surface area contributed by atoms with Gasteiger partial charge in [0.15, 0.2) is 0 Å². The van der Waals surface area contributed by atoms with Crippen LogP contribution in [0.3, 0.4) is 0 Å². The van der Waals surface area contributed by atoms with Crippen LogP contribution >= 0.6 is 22.9 Å². The third-order valence-electron chi connectivity index (χ3n) is 3.81. The molecule has 1 aromatic heterocycles. The lowest BCUT2D eigenvalue weighted by Crippen LogP contribution is -2.51. The molecule has 1 fully saturated rings. The number of hydrogen-bond acceptors (Lipinski definition) is 4. The molecule has 1 aromatic rings. The average molecular weight is 358 g/mol. The summed E-state index contributed by atoms with van der Waals surface area (Å²) in [7, 11) is 0. The molecular weight excluding hydrogens is 334 g/mol. The first-order valence-electron chi connectivity index (χ1n) is 7.78. The van der Waals surface area contributed by atoms with Crippen LogP contribution in [0.25, 0.3) is 0 Å². The molecule has 2 rings (SSSR count). The summed E-state index contributed by atoms with van der Waals surface area (Å²) in [5, 5.41) is 2.72. The summed E-state index contributed by atoms with van der Waals surface area (Å²) in [5.41, 5.74) is -0.471. The lowest BCUT2D eigenvalue weighted by atomic mass is 9.96. The van der Waals surface area contributed by atoms with Gasteiger partial charge in [-0.05, 0) is 12.1 Å². The van der Waals surface area contributed by atoms with Crippen LogP contribution in [0, 0.1) is 5.41 Å². The Labute approximate surface area is 146 Å². The molecule has 7 heteroatoms. The fraction of sp³-hybridized carbons (Fsp3) is 0.625. The number of carbonyl (C=O) groups is 2. The van der Waals surface area contributed by atoms with Crippen LogP contribution in [-0.2, 0) is 16.1 Å². The molecule has 5 nitrogen and oxygen atoms in total. The monoisotopic (exact) mass is 357 g/mol. The Morgan fingerprint density at radius 3 is 2.39 bits per heavy atom. The van der Waals surface area contributed by atoms with E-state index in [1.807, 2.05) is 37.8 Å². The minimum Gasteiger partial charge on any atom is -0.347 e.